The van der Waals surface area contributed by atoms with E-state index in [-0.39, 0.29) is 12.1 Å². The summed E-state index contributed by atoms with van der Waals surface area (Å²) < 4.78 is 5.48. The summed E-state index contributed by atoms with van der Waals surface area (Å²) in [4.78, 5) is 17.4. The van der Waals surface area contributed by atoms with Gasteiger partial charge in [-0.2, -0.15) is 0 Å². The molecule has 0 spiro atoms. The number of nitrogens with zero attached hydrogens (tertiary/aromatic N) is 2. The normalized spacial score (nSPS) is 19.4. The van der Waals surface area contributed by atoms with Crippen molar-refractivity contribution < 1.29 is 9.53 Å². The Hall–Kier alpha value is -2.37. The fourth-order valence-corrected chi connectivity index (χ4v) is 4.49. The molecule has 160 valence electrons. The zero-order valence-corrected chi connectivity index (χ0v) is 17.7. The maximum absolute atomic E-state index is 13.1. The largest absolute Gasteiger partial charge is 0.379 e. The average molecular weight is 408 g/mol. The summed E-state index contributed by atoms with van der Waals surface area (Å²) in [5.41, 5.74) is 2.56. The maximum atomic E-state index is 13.1. The first-order valence-corrected chi connectivity index (χ1v) is 11.2. The molecule has 2 amide bonds. The maximum Gasteiger partial charge on any atom is 0.317 e. The van der Waals surface area contributed by atoms with E-state index < -0.39 is 0 Å². The molecule has 2 aliphatic rings. The zero-order valence-electron chi connectivity index (χ0n) is 17.7. The smallest absolute Gasteiger partial charge is 0.317 e. The molecule has 1 N–H and O–H groups in total. The molecule has 30 heavy (non-hydrogen) atoms. The van der Waals surface area contributed by atoms with Crippen LogP contribution in [0.3, 0.4) is 0 Å². The lowest BCUT2D eigenvalue weighted by Crippen LogP contribution is -2.49. The number of piperidine rings is 1. The van der Waals surface area contributed by atoms with Crippen LogP contribution in [-0.4, -0.2) is 61.8 Å². The Labute approximate surface area is 180 Å². The van der Waals surface area contributed by atoms with Crippen LogP contribution in [0.5, 0.6) is 0 Å². The molecule has 0 aliphatic carbocycles. The molecule has 0 radical (unpaired) electrons. The topological polar surface area (TPSA) is 44.8 Å². The second-order valence-electron chi connectivity index (χ2n) is 8.45. The van der Waals surface area contributed by atoms with E-state index in [4.69, 9.17) is 4.74 Å². The van der Waals surface area contributed by atoms with Gasteiger partial charge in [-0.25, -0.2) is 4.79 Å². The van der Waals surface area contributed by atoms with Gasteiger partial charge < -0.3 is 15.0 Å². The molecule has 2 aliphatic heterocycles. The van der Waals surface area contributed by atoms with Crippen LogP contribution in [0.4, 0.5) is 4.79 Å². The van der Waals surface area contributed by atoms with Gasteiger partial charge in [-0.3, -0.25) is 4.90 Å². The van der Waals surface area contributed by atoms with Gasteiger partial charge in [-0.1, -0.05) is 60.7 Å². The number of carbonyl (C=O) groups excluding carboxylic acids is 1. The number of nitrogens with one attached hydrogen (secondary N) is 1. The van der Waals surface area contributed by atoms with Crippen LogP contribution in [0.25, 0.3) is 0 Å². The molecule has 1 atom stereocenters. The van der Waals surface area contributed by atoms with E-state index in [1.807, 2.05) is 23.1 Å². The van der Waals surface area contributed by atoms with Gasteiger partial charge >= 0.3 is 6.03 Å². The Bertz CT molecular complexity index is 769. The van der Waals surface area contributed by atoms with Crippen molar-refractivity contribution in [2.24, 2.45) is 5.92 Å². The molecule has 0 saturated carbocycles. The van der Waals surface area contributed by atoms with Crippen molar-refractivity contribution >= 4 is 6.03 Å². The van der Waals surface area contributed by atoms with Gasteiger partial charge in [0.25, 0.3) is 0 Å². The molecule has 5 nitrogen and oxygen atoms in total. The highest BCUT2D eigenvalue weighted by Crippen LogP contribution is 2.23. The van der Waals surface area contributed by atoms with Crippen LogP contribution >= 0.6 is 0 Å². The van der Waals surface area contributed by atoms with Crippen LogP contribution in [0.1, 0.15) is 30.0 Å². The predicted molar refractivity (Wildman–Crippen MR) is 119 cm³/mol. The second-order valence-corrected chi connectivity index (χ2v) is 8.45. The summed E-state index contributed by atoms with van der Waals surface area (Å²) in [7, 11) is 0. The molecule has 5 heteroatoms. The van der Waals surface area contributed by atoms with Crippen LogP contribution in [0.15, 0.2) is 60.7 Å². The monoisotopic (exact) mass is 407 g/mol. The van der Waals surface area contributed by atoms with Crippen molar-refractivity contribution in [2.75, 3.05) is 45.9 Å². The van der Waals surface area contributed by atoms with E-state index in [9.17, 15) is 4.79 Å². The van der Waals surface area contributed by atoms with Crippen LogP contribution < -0.4 is 5.32 Å². The summed E-state index contributed by atoms with van der Waals surface area (Å²) in [5.74, 6) is 0.662. The summed E-state index contributed by atoms with van der Waals surface area (Å²) in [6.45, 7) is 5.87. The lowest BCUT2D eigenvalue weighted by molar-refractivity contribution is 0.0336. The molecule has 2 aromatic carbocycles. The SMILES string of the molecule is O=C(NC(CN1CCOCC1)c1ccccc1)N1CCC(Cc2ccccc2)CC1. The Balaban J connectivity index is 1.32. The number of likely N-dealkylation sites (tertiary alicyclic amines) is 1. The van der Waals surface area contributed by atoms with Gasteiger partial charge in [0.2, 0.25) is 0 Å². The average Bonchev–Trinajstić information content (AvgIpc) is 2.81. The molecule has 2 aromatic rings. The van der Waals surface area contributed by atoms with Crippen molar-refractivity contribution in [2.45, 2.75) is 25.3 Å². The molecule has 2 heterocycles. The number of morpholine rings is 1. The first-order valence-electron chi connectivity index (χ1n) is 11.2. The second kappa shape index (κ2) is 10.6. The summed E-state index contributed by atoms with van der Waals surface area (Å²) in [5, 5.41) is 3.32. The lowest BCUT2D eigenvalue weighted by atomic mass is 9.90. The summed E-state index contributed by atoms with van der Waals surface area (Å²) in [6.07, 6.45) is 3.25. The Morgan fingerprint density at radius 3 is 2.23 bits per heavy atom. The number of ether oxygens (including phenoxy) is 1. The summed E-state index contributed by atoms with van der Waals surface area (Å²) in [6, 6.07) is 21.1. The molecular formula is C25H33N3O2. The fourth-order valence-electron chi connectivity index (χ4n) is 4.49. The predicted octanol–water partition coefficient (Wildman–Crippen LogP) is 3.72. The van der Waals surface area contributed by atoms with Crippen LogP contribution in [-0.2, 0) is 11.2 Å². The van der Waals surface area contributed by atoms with Gasteiger partial charge in [0.05, 0.1) is 19.3 Å². The highest BCUT2D eigenvalue weighted by Gasteiger charge is 2.26. The van der Waals surface area contributed by atoms with Gasteiger partial charge in [0.1, 0.15) is 0 Å². The molecule has 4 rings (SSSR count). The Morgan fingerprint density at radius 1 is 0.933 bits per heavy atom. The van der Waals surface area contributed by atoms with Crippen LogP contribution in [0, 0.1) is 5.92 Å². The van der Waals surface area contributed by atoms with Gasteiger partial charge in [-0.05, 0) is 36.3 Å². The third kappa shape index (κ3) is 5.83. The minimum Gasteiger partial charge on any atom is -0.379 e. The first kappa shape index (κ1) is 20.9. The molecule has 1 unspecified atom stereocenters. The summed E-state index contributed by atoms with van der Waals surface area (Å²) >= 11 is 0. The van der Waals surface area contributed by atoms with E-state index in [1.165, 1.54) is 5.56 Å². The number of carbonyl (C=O) groups is 1. The third-order valence-corrected chi connectivity index (χ3v) is 6.31. The Morgan fingerprint density at radius 2 is 1.57 bits per heavy atom. The van der Waals surface area contributed by atoms with Crippen molar-refractivity contribution in [3.63, 3.8) is 0 Å². The van der Waals surface area contributed by atoms with Crippen molar-refractivity contribution in [3.05, 3.63) is 71.8 Å². The minimum absolute atomic E-state index is 0.00107. The number of benzene rings is 2. The number of hydrogen-bond donors (Lipinski definition) is 1. The molecule has 2 fully saturated rings. The quantitative estimate of drug-likeness (QED) is 0.794. The van der Waals surface area contributed by atoms with Crippen LogP contribution in [0.2, 0.25) is 0 Å². The van der Waals surface area contributed by atoms with E-state index >= 15 is 0 Å². The van der Waals surface area contributed by atoms with Gasteiger partial charge in [0.15, 0.2) is 0 Å². The molecule has 2 saturated heterocycles. The van der Waals surface area contributed by atoms with E-state index in [1.54, 1.807) is 0 Å². The molecule has 0 bridgehead atoms. The van der Waals surface area contributed by atoms with Crippen molar-refractivity contribution in [1.29, 1.82) is 0 Å². The fraction of sp³-hybridized carbons (Fsp3) is 0.480. The van der Waals surface area contributed by atoms with E-state index in [2.05, 4.69) is 52.7 Å². The highest BCUT2D eigenvalue weighted by atomic mass is 16.5. The third-order valence-electron chi connectivity index (χ3n) is 6.31. The van der Waals surface area contributed by atoms with Crippen molar-refractivity contribution in [3.8, 4) is 0 Å². The zero-order chi connectivity index (χ0) is 20.6. The number of urea groups is 1. The Kier molecular flexibility index (Phi) is 7.38. The van der Waals surface area contributed by atoms with Crippen molar-refractivity contribution in [1.82, 2.24) is 15.1 Å². The van der Waals surface area contributed by atoms with Gasteiger partial charge in [0, 0.05) is 32.7 Å². The minimum atomic E-state index is -0.00107. The van der Waals surface area contributed by atoms with E-state index in [0.29, 0.717) is 5.92 Å². The number of rotatable bonds is 6. The standard InChI is InChI=1S/C25H33N3O2/c29-25(28-13-11-22(12-14-28)19-21-7-3-1-4-8-21)26-24(23-9-5-2-6-10-23)20-27-15-17-30-18-16-27/h1-10,22,24H,11-20H2,(H,26,29). The molecular weight excluding hydrogens is 374 g/mol. The highest BCUT2D eigenvalue weighted by molar-refractivity contribution is 5.74. The lowest BCUT2D eigenvalue weighted by Gasteiger charge is -2.35. The van der Waals surface area contributed by atoms with Gasteiger partial charge in [-0.15, -0.1) is 0 Å². The number of hydrogen-bond acceptors (Lipinski definition) is 3. The van der Waals surface area contributed by atoms with E-state index in [0.717, 1.165) is 70.8 Å². The first-order chi connectivity index (χ1) is 14.8. The molecule has 0 aromatic heterocycles. The number of amides is 2.